The van der Waals surface area contributed by atoms with E-state index in [-0.39, 0.29) is 23.7 Å². The van der Waals surface area contributed by atoms with Crippen molar-refractivity contribution in [1.29, 1.82) is 0 Å². The fourth-order valence-electron chi connectivity index (χ4n) is 2.75. The Morgan fingerprint density at radius 1 is 1.53 bits per heavy atom. The Morgan fingerprint density at radius 2 is 2.26 bits per heavy atom. The molecular weight excluding hydrogens is 290 g/mol. The first kappa shape index (κ1) is 14.2. The van der Waals surface area contributed by atoms with Crippen LogP contribution in [-0.2, 0) is 4.79 Å². The van der Waals surface area contributed by atoms with E-state index in [1.165, 1.54) is 17.5 Å². The van der Waals surface area contributed by atoms with Gasteiger partial charge in [0.25, 0.3) is 5.91 Å². The number of aromatic nitrogens is 1. The molecule has 6 nitrogen and oxygen atoms in total. The van der Waals surface area contributed by atoms with Crippen LogP contribution in [0.4, 0.5) is 0 Å². The van der Waals surface area contributed by atoms with Crippen molar-refractivity contribution in [3.8, 4) is 0 Å². The predicted octanol–water partition coefficient (Wildman–Crippen LogP) is 0.311. The van der Waals surface area contributed by atoms with Crippen molar-refractivity contribution in [3.63, 3.8) is 0 Å². The third-order valence-corrected chi connectivity index (χ3v) is 4.59. The Labute approximate surface area is 120 Å². The predicted molar refractivity (Wildman–Crippen MR) is 71.7 cm³/mol. The van der Waals surface area contributed by atoms with Gasteiger partial charge in [-0.2, -0.15) is 0 Å². The van der Waals surface area contributed by atoms with Crippen LogP contribution in [0.2, 0.25) is 0 Å². The second-order valence-electron chi connectivity index (χ2n) is 4.91. The zero-order valence-electron chi connectivity index (χ0n) is 10.0. The summed E-state index contributed by atoms with van der Waals surface area (Å²) in [6, 6.07) is 0. The molecule has 3 heterocycles. The molecular formula is C11H14ClN3O3S. The van der Waals surface area contributed by atoms with E-state index < -0.39 is 11.9 Å². The van der Waals surface area contributed by atoms with Crippen LogP contribution in [0, 0.1) is 11.3 Å². The van der Waals surface area contributed by atoms with Gasteiger partial charge in [-0.25, -0.2) is 0 Å². The highest BCUT2D eigenvalue weighted by Crippen LogP contribution is 2.40. The van der Waals surface area contributed by atoms with Crippen LogP contribution >= 0.6 is 23.7 Å². The van der Waals surface area contributed by atoms with Gasteiger partial charge in [0.1, 0.15) is 4.88 Å². The number of carboxylic acids is 1. The van der Waals surface area contributed by atoms with Gasteiger partial charge in [-0.1, -0.05) is 0 Å². The average molecular weight is 304 g/mol. The quantitative estimate of drug-likeness (QED) is 0.822. The summed E-state index contributed by atoms with van der Waals surface area (Å²) in [5.41, 5.74) is 1.34. The summed E-state index contributed by atoms with van der Waals surface area (Å²) < 4.78 is 0. The molecule has 0 unspecified atom stereocenters. The molecule has 2 saturated heterocycles. The highest BCUT2D eigenvalue weighted by Gasteiger charge is 2.55. The van der Waals surface area contributed by atoms with Gasteiger partial charge < -0.3 is 15.3 Å². The largest absolute Gasteiger partial charge is 0.481 e. The highest BCUT2D eigenvalue weighted by atomic mass is 35.5. The molecule has 1 spiro atoms. The van der Waals surface area contributed by atoms with Crippen LogP contribution in [0.3, 0.4) is 0 Å². The Morgan fingerprint density at radius 3 is 2.68 bits per heavy atom. The number of hydrogen-bond acceptors (Lipinski definition) is 5. The Balaban J connectivity index is 0.00000133. The second-order valence-corrected chi connectivity index (χ2v) is 5.79. The van der Waals surface area contributed by atoms with Gasteiger partial charge in [-0.15, -0.1) is 23.7 Å². The van der Waals surface area contributed by atoms with Crippen molar-refractivity contribution in [2.45, 2.75) is 0 Å². The number of hydrogen-bond donors (Lipinski definition) is 2. The van der Waals surface area contributed by atoms with Crippen molar-refractivity contribution in [2.75, 3.05) is 26.2 Å². The molecule has 1 aromatic rings. The monoisotopic (exact) mass is 303 g/mol. The lowest BCUT2D eigenvalue weighted by molar-refractivity contribution is -0.145. The number of aliphatic carboxylic acids is 1. The molecule has 0 aliphatic carbocycles. The van der Waals surface area contributed by atoms with Gasteiger partial charge in [-0.3, -0.25) is 14.6 Å². The van der Waals surface area contributed by atoms with Crippen LogP contribution in [0.1, 0.15) is 9.67 Å². The molecule has 1 aromatic heterocycles. The lowest BCUT2D eigenvalue weighted by Gasteiger charge is -2.41. The number of likely N-dealkylation sites (tertiary alicyclic amines) is 1. The molecule has 0 saturated carbocycles. The first-order valence-corrected chi connectivity index (χ1v) is 6.62. The molecule has 19 heavy (non-hydrogen) atoms. The fourth-order valence-corrected chi connectivity index (χ4v) is 3.33. The molecule has 2 fully saturated rings. The van der Waals surface area contributed by atoms with Gasteiger partial charge in [0.2, 0.25) is 0 Å². The number of amides is 1. The van der Waals surface area contributed by atoms with E-state index in [2.05, 4.69) is 10.3 Å². The molecule has 2 aliphatic heterocycles. The van der Waals surface area contributed by atoms with E-state index in [0.29, 0.717) is 31.1 Å². The smallest absolute Gasteiger partial charge is 0.309 e. The van der Waals surface area contributed by atoms with Crippen molar-refractivity contribution >= 4 is 35.6 Å². The Hall–Kier alpha value is -1.18. The first-order valence-electron chi connectivity index (χ1n) is 5.74. The molecule has 0 aromatic carbocycles. The van der Waals surface area contributed by atoms with Crippen molar-refractivity contribution in [2.24, 2.45) is 11.3 Å². The van der Waals surface area contributed by atoms with E-state index in [1.54, 1.807) is 10.4 Å². The van der Waals surface area contributed by atoms with Crippen LogP contribution in [0.5, 0.6) is 0 Å². The van der Waals surface area contributed by atoms with Crippen LogP contribution in [0.25, 0.3) is 0 Å². The maximum absolute atomic E-state index is 12.2. The summed E-state index contributed by atoms with van der Waals surface area (Å²) >= 11 is 1.29. The summed E-state index contributed by atoms with van der Waals surface area (Å²) in [6.07, 6.45) is 1.53. The number of carboxylic acid groups (broad SMARTS) is 1. The lowest BCUT2D eigenvalue weighted by atomic mass is 9.73. The van der Waals surface area contributed by atoms with E-state index in [9.17, 15) is 14.7 Å². The number of carbonyl (C=O) groups is 2. The number of carbonyl (C=O) groups excluding carboxylic acids is 1. The van der Waals surface area contributed by atoms with Gasteiger partial charge in [-0.05, 0) is 0 Å². The first-order chi connectivity index (χ1) is 8.62. The summed E-state index contributed by atoms with van der Waals surface area (Å²) in [7, 11) is 0. The van der Waals surface area contributed by atoms with Crippen LogP contribution < -0.4 is 5.32 Å². The third-order valence-electron chi connectivity index (χ3n) is 3.83. The molecule has 8 heteroatoms. The molecule has 2 N–H and O–H groups in total. The minimum Gasteiger partial charge on any atom is -0.481 e. The number of nitrogens with one attached hydrogen (secondary N) is 1. The number of rotatable bonds is 2. The average Bonchev–Trinajstić information content (AvgIpc) is 2.94. The Kier molecular flexibility index (Phi) is 3.80. The van der Waals surface area contributed by atoms with Crippen LogP contribution in [0.15, 0.2) is 11.7 Å². The highest BCUT2D eigenvalue weighted by molar-refractivity contribution is 7.11. The Bertz CT molecular complexity index is 489. The molecule has 1 amide bonds. The van der Waals surface area contributed by atoms with Crippen LogP contribution in [-0.4, -0.2) is 53.0 Å². The van der Waals surface area contributed by atoms with E-state index in [4.69, 9.17) is 0 Å². The van der Waals surface area contributed by atoms with Gasteiger partial charge in [0.05, 0.1) is 17.6 Å². The van der Waals surface area contributed by atoms with Gasteiger partial charge in [0, 0.05) is 31.6 Å². The second kappa shape index (κ2) is 5.07. The van der Waals surface area contributed by atoms with Crippen molar-refractivity contribution < 1.29 is 14.7 Å². The molecule has 104 valence electrons. The van der Waals surface area contributed by atoms with E-state index >= 15 is 0 Å². The van der Waals surface area contributed by atoms with Gasteiger partial charge in [0.15, 0.2) is 0 Å². The van der Waals surface area contributed by atoms with E-state index in [1.807, 2.05) is 0 Å². The van der Waals surface area contributed by atoms with E-state index in [0.717, 1.165) is 0 Å². The minimum atomic E-state index is -0.809. The SMILES string of the molecule is Cl.O=C(O)[C@@H]1CN(C(=O)c2cncs2)CC12CNC2. The molecule has 1 atom stereocenters. The summed E-state index contributed by atoms with van der Waals surface area (Å²) in [5.74, 6) is -1.38. The molecule has 2 aliphatic rings. The van der Waals surface area contributed by atoms with Crippen molar-refractivity contribution in [3.05, 3.63) is 16.6 Å². The zero-order valence-corrected chi connectivity index (χ0v) is 11.7. The summed E-state index contributed by atoms with van der Waals surface area (Å²) in [4.78, 5) is 29.6. The molecule has 0 bridgehead atoms. The fraction of sp³-hybridized carbons (Fsp3) is 0.545. The summed E-state index contributed by atoms with van der Waals surface area (Å²) in [5, 5.41) is 12.4. The number of halogens is 1. The summed E-state index contributed by atoms with van der Waals surface area (Å²) in [6.45, 7) is 2.17. The standard InChI is InChI=1S/C11H13N3O3S.ClH/c15-9(8-1-12-6-18-8)14-2-7(10(16)17)11(5-14)3-13-4-11;/h1,6-7,13H,2-5H2,(H,16,17);1H/t7-;/m0./s1. The van der Waals surface area contributed by atoms with Gasteiger partial charge >= 0.3 is 5.97 Å². The minimum absolute atomic E-state index is 0. The maximum atomic E-state index is 12.2. The molecule has 0 radical (unpaired) electrons. The van der Waals surface area contributed by atoms with Crippen molar-refractivity contribution in [1.82, 2.24) is 15.2 Å². The zero-order chi connectivity index (χ0) is 12.8. The number of nitrogens with zero attached hydrogens (tertiary/aromatic N) is 2. The number of thiazole rings is 1. The topological polar surface area (TPSA) is 82.5 Å². The third kappa shape index (κ3) is 2.22. The normalized spacial score (nSPS) is 23.8. The maximum Gasteiger partial charge on any atom is 0.309 e. The lowest BCUT2D eigenvalue weighted by Crippen LogP contribution is -2.59. The molecule has 3 rings (SSSR count).